The van der Waals surface area contributed by atoms with Crippen LogP contribution in [0.15, 0.2) is 12.3 Å². The van der Waals surface area contributed by atoms with E-state index in [-0.39, 0.29) is 0 Å². The molecule has 0 aromatic carbocycles. The van der Waals surface area contributed by atoms with Crippen molar-refractivity contribution in [3.8, 4) is 0 Å². The highest BCUT2D eigenvalue weighted by Crippen LogP contribution is 2.42. The van der Waals surface area contributed by atoms with Crippen LogP contribution in [0.5, 0.6) is 0 Å². The van der Waals surface area contributed by atoms with E-state index in [2.05, 4.69) is 10.8 Å². The number of rotatable bonds is 1. The van der Waals surface area contributed by atoms with Crippen molar-refractivity contribution in [1.29, 1.82) is 0 Å². The Hall–Kier alpha value is -0.290. The first-order valence-electron chi connectivity index (χ1n) is 2.96. The number of nitrogens with zero attached hydrogens (tertiary/aromatic N) is 1. The molecular weight excluding hydrogens is 117 g/mol. The topological polar surface area (TPSA) is 12.9 Å². The average Bonchev–Trinajstić information content (AvgIpc) is 2.49. The summed E-state index contributed by atoms with van der Waals surface area (Å²) in [5.41, 5.74) is 0. The van der Waals surface area contributed by atoms with Gasteiger partial charge in [-0.25, -0.2) is 4.75 Å². The van der Waals surface area contributed by atoms with E-state index in [0.717, 1.165) is 14.3 Å². The lowest BCUT2D eigenvalue weighted by molar-refractivity contribution is 1.18. The van der Waals surface area contributed by atoms with Crippen molar-refractivity contribution in [2.45, 2.75) is 18.8 Å². The van der Waals surface area contributed by atoms with E-state index in [1.165, 1.54) is 12.8 Å². The van der Waals surface area contributed by atoms with E-state index in [4.69, 9.17) is 0 Å². The molecule has 1 atom stereocenters. The zero-order chi connectivity index (χ0) is 5.40. The number of aromatic nitrogens is 1. The van der Waals surface area contributed by atoms with Crippen molar-refractivity contribution in [2.75, 3.05) is 0 Å². The van der Waals surface area contributed by atoms with Crippen LogP contribution in [0.2, 0.25) is 0 Å². The minimum Gasteiger partial charge on any atom is -0.249 e. The normalized spacial score (nSPS) is 20.0. The second-order valence-electron chi connectivity index (χ2n) is 2.29. The first-order chi connectivity index (χ1) is 3.97. The van der Waals surface area contributed by atoms with Crippen molar-refractivity contribution >= 4 is 8.35 Å². The van der Waals surface area contributed by atoms with Crippen LogP contribution in [0.25, 0.3) is 0 Å². The Bertz CT molecular complexity index is 165. The van der Waals surface area contributed by atoms with Gasteiger partial charge in [0.1, 0.15) is 0 Å². The predicted octanol–water partition coefficient (Wildman–Crippen LogP) is 1.99. The lowest BCUT2D eigenvalue weighted by atomic mass is 10.3. The first kappa shape index (κ1) is 4.58. The van der Waals surface area contributed by atoms with Crippen molar-refractivity contribution in [2.24, 2.45) is 0 Å². The summed E-state index contributed by atoms with van der Waals surface area (Å²) in [6.45, 7) is 0. The molecular formula is C6H8NP. The van der Waals surface area contributed by atoms with Gasteiger partial charge >= 0.3 is 0 Å². The maximum absolute atomic E-state index is 4.14. The Balaban J connectivity index is 2.28. The largest absolute Gasteiger partial charge is 0.249 e. The van der Waals surface area contributed by atoms with E-state index in [0.29, 0.717) is 0 Å². The summed E-state index contributed by atoms with van der Waals surface area (Å²) in [6.07, 6.45) is 4.77. The number of hydrogen-bond acceptors (Lipinski definition) is 1. The third-order valence-corrected chi connectivity index (χ3v) is 2.65. The second-order valence-corrected chi connectivity index (χ2v) is 3.35. The van der Waals surface area contributed by atoms with E-state index in [9.17, 15) is 0 Å². The molecule has 0 spiro atoms. The van der Waals surface area contributed by atoms with Gasteiger partial charge in [-0.15, -0.1) is 0 Å². The summed E-state index contributed by atoms with van der Waals surface area (Å²) in [6, 6.07) is 2.18. The quantitative estimate of drug-likeness (QED) is 0.559. The smallest absolute Gasteiger partial charge is 0.0312 e. The molecule has 1 heterocycles. The van der Waals surface area contributed by atoms with E-state index >= 15 is 0 Å². The molecule has 2 rings (SSSR count). The molecule has 1 aromatic heterocycles. The zero-order valence-electron chi connectivity index (χ0n) is 4.59. The van der Waals surface area contributed by atoms with Crippen LogP contribution in [0.4, 0.5) is 0 Å². The molecule has 1 nitrogen and oxygen atoms in total. The van der Waals surface area contributed by atoms with Crippen LogP contribution in [-0.4, -0.2) is 4.75 Å². The van der Waals surface area contributed by atoms with E-state index in [1.54, 1.807) is 5.30 Å². The van der Waals surface area contributed by atoms with E-state index < -0.39 is 0 Å². The Morgan fingerprint density at radius 3 is 3.00 bits per heavy atom. The Labute approximate surface area is 50.3 Å². The molecule has 8 heavy (non-hydrogen) atoms. The third kappa shape index (κ3) is 0.674. The molecule has 1 unspecified atom stereocenters. The molecule has 1 aliphatic carbocycles. The molecule has 1 saturated carbocycles. The maximum Gasteiger partial charge on any atom is 0.0312 e. The first-order valence-corrected chi connectivity index (χ1v) is 3.91. The molecule has 0 radical (unpaired) electrons. The molecule has 0 saturated heterocycles. The van der Waals surface area contributed by atoms with Gasteiger partial charge in [-0.3, -0.25) is 0 Å². The predicted molar refractivity (Wildman–Crippen MR) is 35.7 cm³/mol. The van der Waals surface area contributed by atoms with Gasteiger partial charge in [-0.05, 0) is 38.5 Å². The highest BCUT2D eigenvalue weighted by Gasteiger charge is 2.23. The van der Waals surface area contributed by atoms with Crippen LogP contribution >= 0.6 is 8.35 Å². The summed E-state index contributed by atoms with van der Waals surface area (Å²) in [5, 5.41) is 1.59. The van der Waals surface area contributed by atoms with Crippen LogP contribution in [0, 0.1) is 0 Å². The highest BCUT2D eigenvalue weighted by atomic mass is 31.0. The highest BCUT2D eigenvalue weighted by molar-refractivity contribution is 7.26. The second kappa shape index (κ2) is 1.60. The van der Waals surface area contributed by atoms with Crippen molar-refractivity contribution in [3.63, 3.8) is 0 Å². The summed E-state index contributed by atoms with van der Waals surface area (Å²) >= 11 is 0. The van der Waals surface area contributed by atoms with Gasteiger partial charge in [-0.1, -0.05) is 0 Å². The third-order valence-electron chi connectivity index (χ3n) is 1.54. The molecule has 1 aromatic rings. The summed E-state index contributed by atoms with van der Waals surface area (Å²) in [7, 11) is 0.773. The van der Waals surface area contributed by atoms with Crippen molar-refractivity contribution in [1.82, 2.24) is 4.75 Å². The number of hydrogen-bond donors (Lipinski definition) is 0. The minimum atomic E-state index is 0.773. The molecule has 42 valence electrons. The van der Waals surface area contributed by atoms with Crippen molar-refractivity contribution < 1.29 is 0 Å². The zero-order valence-corrected chi connectivity index (χ0v) is 5.59. The lowest BCUT2D eigenvalue weighted by Crippen LogP contribution is -1.61. The van der Waals surface area contributed by atoms with Gasteiger partial charge in [0.25, 0.3) is 0 Å². The van der Waals surface area contributed by atoms with Gasteiger partial charge in [-0.2, -0.15) is 0 Å². The Morgan fingerprint density at radius 2 is 2.50 bits per heavy atom. The van der Waals surface area contributed by atoms with Gasteiger partial charge < -0.3 is 0 Å². The Morgan fingerprint density at radius 1 is 1.62 bits per heavy atom. The molecule has 0 N–H and O–H groups in total. The summed E-state index contributed by atoms with van der Waals surface area (Å²) in [4.78, 5) is 0. The molecule has 2 heteroatoms. The lowest BCUT2D eigenvalue weighted by Gasteiger charge is -1.81. The van der Waals surface area contributed by atoms with Gasteiger partial charge in [0.05, 0.1) is 0 Å². The van der Waals surface area contributed by atoms with E-state index in [1.807, 2.05) is 6.20 Å². The van der Waals surface area contributed by atoms with Gasteiger partial charge in [0.15, 0.2) is 0 Å². The fraction of sp³-hybridized carbons (Fsp3) is 0.500. The van der Waals surface area contributed by atoms with Crippen LogP contribution in [-0.2, 0) is 0 Å². The molecule has 0 aliphatic heterocycles. The molecule has 0 bridgehead atoms. The Kier molecular flexibility index (Phi) is 0.913. The molecule has 0 amide bonds. The standard InChI is InChI=1S/C6H8NP/c1-2-5(1)6-3-4-7-8-6/h3-5,8H,1-2H2. The summed E-state index contributed by atoms with van der Waals surface area (Å²) < 4.78 is 4.14. The fourth-order valence-electron chi connectivity index (χ4n) is 0.888. The van der Waals surface area contributed by atoms with Crippen LogP contribution in [0.1, 0.15) is 24.1 Å². The molecule has 1 fully saturated rings. The molecule has 1 aliphatic rings. The summed E-state index contributed by atoms with van der Waals surface area (Å²) in [5.74, 6) is 0.941. The maximum atomic E-state index is 4.14. The van der Waals surface area contributed by atoms with Gasteiger partial charge in [0, 0.05) is 6.20 Å². The monoisotopic (exact) mass is 125 g/mol. The minimum absolute atomic E-state index is 0.773. The van der Waals surface area contributed by atoms with Crippen molar-refractivity contribution in [3.05, 3.63) is 17.6 Å². The van der Waals surface area contributed by atoms with Crippen LogP contribution in [0.3, 0.4) is 0 Å². The van der Waals surface area contributed by atoms with Crippen LogP contribution < -0.4 is 0 Å². The fourth-order valence-corrected chi connectivity index (χ4v) is 1.81. The van der Waals surface area contributed by atoms with Gasteiger partial charge in [0.2, 0.25) is 0 Å². The SMILES string of the molecule is c1cc(C2CC2)[pH]n1. The average molecular weight is 125 g/mol.